The van der Waals surface area contributed by atoms with Gasteiger partial charge in [-0.15, -0.1) is 0 Å². The van der Waals surface area contributed by atoms with Crippen molar-refractivity contribution in [1.82, 2.24) is 9.88 Å². The van der Waals surface area contributed by atoms with Gasteiger partial charge in [0.25, 0.3) is 0 Å². The first-order valence-electron chi connectivity index (χ1n) is 8.14. The topological polar surface area (TPSA) is 45.7 Å². The summed E-state index contributed by atoms with van der Waals surface area (Å²) in [7, 11) is 1.69. The van der Waals surface area contributed by atoms with Crippen molar-refractivity contribution in [3.63, 3.8) is 0 Å². The number of nitrogens with zero attached hydrogens (tertiary/aromatic N) is 3. The molecule has 3 heterocycles. The van der Waals surface area contributed by atoms with E-state index >= 15 is 0 Å². The fraction of sp³-hybridized carbons (Fsp3) is 0.647. The number of piperidine rings is 2. The lowest BCUT2D eigenvalue weighted by molar-refractivity contribution is -0.138. The Morgan fingerprint density at radius 2 is 2.09 bits per heavy atom. The smallest absolute Gasteiger partial charge is 0.222 e. The zero-order valence-electron chi connectivity index (χ0n) is 13.3. The molecule has 0 bridgehead atoms. The van der Waals surface area contributed by atoms with Gasteiger partial charge < -0.3 is 14.5 Å². The van der Waals surface area contributed by atoms with Crippen molar-refractivity contribution >= 4 is 11.6 Å². The van der Waals surface area contributed by atoms with Gasteiger partial charge in [0.1, 0.15) is 0 Å². The Morgan fingerprint density at radius 1 is 1.27 bits per heavy atom. The van der Waals surface area contributed by atoms with Crippen molar-refractivity contribution in [2.75, 3.05) is 44.8 Å². The second-order valence-electron chi connectivity index (χ2n) is 6.54. The number of carbonyl (C=O) groups is 1. The first kappa shape index (κ1) is 15.3. The predicted octanol–water partition coefficient (Wildman–Crippen LogP) is 1.94. The fourth-order valence-electron chi connectivity index (χ4n) is 3.82. The molecule has 2 aliphatic rings. The largest absolute Gasteiger partial charge is 0.383 e. The number of amides is 1. The summed E-state index contributed by atoms with van der Waals surface area (Å²) in [5.74, 6) is 0.281. The molecule has 22 heavy (non-hydrogen) atoms. The highest BCUT2D eigenvalue weighted by atomic mass is 16.5. The third-order valence-corrected chi connectivity index (χ3v) is 5.00. The number of hydrogen-bond acceptors (Lipinski definition) is 4. The van der Waals surface area contributed by atoms with Crippen molar-refractivity contribution in [3.05, 3.63) is 24.5 Å². The molecular weight excluding hydrogens is 278 g/mol. The Kier molecular flexibility index (Phi) is 4.62. The molecule has 3 rings (SSSR count). The standard InChI is InChI=1S/C17H25N3O2/c1-22-12-11-20-14-17(7-3-16(20)21)6-2-10-19(13-17)15-4-8-18-9-5-15/h4-5,8-9H,2-3,6-7,10-14H2,1H3. The molecule has 0 aromatic carbocycles. The molecule has 2 fully saturated rings. The van der Waals surface area contributed by atoms with Crippen LogP contribution in [-0.4, -0.2) is 55.7 Å². The van der Waals surface area contributed by atoms with Crippen LogP contribution in [0.3, 0.4) is 0 Å². The molecule has 0 aliphatic carbocycles. The second-order valence-corrected chi connectivity index (χ2v) is 6.54. The second kappa shape index (κ2) is 6.65. The Morgan fingerprint density at radius 3 is 2.86 bits per heavy atom. The van der Waals surface area contributed by atoms with Gasteiger partial charge in [-0.3, -0.25) is 9.78 Å². The average Bonchev–Trinajstić information content (AvgIpc) is 2.57. The van der Waals surface area contributed by atoms with Gasteiger partial charge in [0, 0.05) is 63.2 Å². The lowest BCUT2D eigenvalue weighted by Gasteiger charge is -2.48. The third-order valence-electron chi connectivity index (χ3n) is 5.00. The van der Waals surface area contributed by atoms with Crippen LogP contribution in [-0.2, 0) is 9.53 Å². The summed E-state index contributed by atoms with van der Waals surface area (Å²) < 4.78 is 5.15. The van der Waals surface area contributed by atoms with Crippen molar-refractivity contribution in [2.24, 2.45) is 5.41 Å². The van der Waals surface area contributed by atoms with Gasteiger partial charge in [0.2, 0.25) is 5.91 Å². The predicted molar refractivity (Wildman–Crippen MR) is 85.8 cm³/mol. The third kappa shape index (κ3) is 3.24. The molecule has 0 N–H and O–H groups in total. The van der Waals surface area contributed by atoms with Crippen LogP contribution in [0.2, 0.25) is 0 Å². The Labute approximate surface area is 132 Å². The van der Waals surface area contributed by atoms with Gasteiger partial charge in [-0.25, -0.2) is 0 Å². The quantitative estimate of drug-likeness (QED) is 0.853. The van der Waals surface area contributed by atoms with E-state index in [-0.39, 0.29) is 11.3 Å². The summed E-state index contributed by atoms with van der Waals surface area (Å²) in [6.45, 7) is 4.34. The summed E-state index contributed by atoms with van der Waals surface area (Å²) in [5.41, 5.74) is 1.48. The van der Waals surface area contributed by atoms with E-state index in [9.17, 15) is 4.79 Å². The van der Waals surface area contributed by atoms with Crippen molar-refractivity contribution in [2.45, 2.75) is 25.7 Å². The molecule has 1 amide bonds. The van der Waals surface area contributed by atoms with Crippen LogP contribution in [0.4, 0.5) is 5.69 Å². The van der Waals surface area contributed by atoms with Crippen LogP contribution in [0.15, 0.2) is 24.5 Å². The molecule has 1 atom stereocenters. The maximum Gasteiger partial charge on any atom is 0.222 e. The highest BCUT2D eigenvalue weighted by molar-refractivity contribution is 5.77. The number of methoxy groups -OCH3 is 1. The molecule has 1 spiro atoms. The number of pyridine rings is 1. The monoisotopic (exact) mass is 303 g/mol. The minimum absolute atomic E-state index is 0.239. The zero-order chi connectivity index (χ0) is 15.4. The summed E-state index contributed by atoms with van der Waals surface area (Å²) in [6.07, 6.45) is 7.79. The van der Waals surface area contributed by atoms with Crippen molar-refractivity contribution in [1.29, 1.82) is 0 Å². The molecular formula is C17H25N3O2. The van der Waals surface area contributed by atoms with Crippen LogP contribution in [0, 0.1) is 5.41 Å². The number of rotatable bonds is 4. The van der Waals surface area contributed by atoms with Crippen molar-refractivity contribution in [3.8, 4) is 0 Å². The van der Waals surface area contributed by atoms with E-state index in [4.69, 9.17) is 4.74 Å². The summed E-state index contributed by atoms with van der Waals surface area (Å²) in [5, 5.41) is 0. The lowest BCUT2D eigenvalue weighted by Crippen LogP contribution is -2.54. The first-order valence-corrected chi connectivity index (χ1v) is 8.14. The van der Waals surface area contributed by atoms with E-state index < -0.39 is 0 Å². The van der Waals surface area contributed by atoms with Crippen molar-refractivity contribution < 1.29 is 9.53 Å². The van der Waals surface area contributed by atoms with E-state index in [0.717, 1.165) is 26.1 Å². The molecule has 120 valence electrons. The number of likely N-dealkylation sites (tertiary alicyclic amines) is 1. The van der Waals surface area contributed by atoms with Crippen LogP contribution >= 0.6 is 0 Å². The highest BCUT2D eigenvalue weighted by Crippen LogP contribution is 2.40. The summed E-state index contributed by atoms with van der Waals surface area (Å²) >= 11 is 0. The van der Waals surface area contributed by atoms with Crippen LogP contribution in [0.25, 0.3) is 0 Å². The van der Waals surface area contributed by atoms with E-state index in [1.807, 2.05) is 17.3 Å². The van der Waals surface area contributed by atoms with Gasteiger partial charge in [-0.05, 0) is 31.4 Å². The number of hydrogen-bond donors (Lipinski definition) is 0. The molecule has 1 unspecified atom stereocenters. The molecule has 5 heteroatoms. The summed E-state index contributed by atoms with van der Waals surface area (Å²) in [6, 6.07) is 4.16. The van der Waals surface area contributed by atoms with Gasteiger partial charge in [0.15, 0.2) is 0 Å². The normalized spacial score (nSPS) is 25.8. The van der Waals surface area contributed by atoms with Gasteiger partial charge in [-0.1, -0.05) is 0 Å². The van der Waals surface area contributed by atoms with Crippen LogP contribution < -0.4 is 4.90 Å². The van der Waals surface area contributed by atoms with Gasteiger partial charge >= 0.3 is 0 Å². The van der Waals surface area contributed by atoms with Crippen LogP contribution in [0.1, 0.15) is 25.7 Å². The highest BCUT2D eigenvalue weighted by Gasteiger charge is 2.41. The minimum atomic E-state index is 0.239. The number of anilines is 1. The fourth-order valence-corrected chi connectivity index (χ4v) is 3.82. The Hall–Kier alpha value is -1.62. The number of aromatic nitrogens is 1. The Balaban J connectivity index is 1.71. The number of carbonyl (C=O) groups excluding carboxylic acids is 1. The molecule has 1 aromatic heterocycles. The van der Waals surface area contributed by atoms with E-state index in [1.54, 1.807) is 7.11 Å². The van der Waals surface area contributed by atoms with E-state index in [2.05, 4.69) is 22.0 Å². The first-order chi connectivity index (χ1) is 10.7. The SMILES string of the molecule is COCCN1CC2(CCCN(c3ccncc3)C2)CCC1=O. The molecule has 0 radical (unpaired) electrons. The van der Waals surface area contributed by atoms with E-state index in [0.29, 0.717) is 19.6 Å². The molecule has 1 aromatic rings. The maximum absolute atomic E-state index is 12.1. The minimum Gasteiger partial charge on any atom is -0.383 e. The lowest BCUT2D eigenvalue weighted by atomic mass is 9.73. The molecule has 0 saturated carbocycles. The van der Waals surface area contributed by atoms with E-state index in [1.165, 1.54) is 18.5 Å². The summed E-state index contributed by atoms with van der Waals surface area (Å²) in [4.78, 5) is 20.7. The number of ether oxygens (including phenoxy) is 1. The van der Waals surface area contributed by atoms with Gasteiger partial charge in [0.05, 0.1) is 6.61 Å². The Bertz CT molecular complexity index is 508. The maximum atomic E-state index is 12.1. The average molecular weight is 303 g/mol. The zero-order valence-corrected chi connectivity index (χ0v) is 13.3. The molecule has 5 nitrogen and oxygen atoms in total. The van der Waals surface area contributed by atoms with Crippen LogP contribution in [0.5, 0.6) is 0 Å². The molecule has 2 saturated heterocycles. The molecule has 2 aliphatic heterocycles. The van der Waals surface area contributed by atoms with Gasteiger partial charge in [-0.2, -0.15) is 0 Å².